The van der Waals surface area contributed by atoms with Gasteiger partial charge in [0.15, 0.2) is 0 Å². The summed E-state index contributed by atoms with van der Waals surface area (Å²) in [7, 11) is 0. The lowest BCUT2D eigenvalue weighted by Crippen LogP contribution is -2.23. The molecule has 0 saturated carbocycles. The van der Waals surface area contributed by atoms with Gasteiger partial charge in [0, 0.05) is 16.5 Å². The smallest absolute Gasteiger partial charge is 0.103 e. The van der Waals surface area contributed by atoms with Crippen molar-refractivity contribution in [3.05, 3.63) is 118 Å². The molecule has 0 N–H and O–H groups in total. The average Bonchev–Trinajstić information content (AvgIpc) is 2.83. The second-order valence-electron chi connectivity index (χ2n) is 8.51. The van der Waals surface area contributed by atoms with Crippen LogP contribution >= 0.6 is 23.2 Å². The zero-order valence-corrected chi connectivity index (χ0v) is 19.5. The summed E-state index contributed by atoms with van der Waals surface area (Å²) >= 11 is 14.1. The topological polar surface area (TPSA) is 0 Å². The molecule has 0 saturated heterocycles. The van der Waals surface area contributed by atoms with Crippen molar-refractivity contribution in [2.24, 2.45) is 0 Å². The van der Waals surface area contributed by atoms with Crippen molar-refractivity contribution in [1.29, 1.82) is 0 Å². The Hall–Kier alpha value is -2.02. The number of allylic oxidation sites excluding steroid dienone is 2. The summed E-state index contributed by atoms with van der Waals surface area (Å²) in [6.07, 6.45) is 13.9. The van der Waals surface area contributed by atoms with Gasteiger partial charge < -0.3 is 0 Å². The molecule has 0 bridgehead atoms. The quantitative estimate of drug-likeness (QED) is 0.212. The van der Waals surface area contributed by atoms with Gasteiger partial charge in [0.1, 0.15) is 4.87 Å². The van der Waals surface area contributed by atoms with Gasteiger partial charge in [0.05, 0.1) is 0 Å². The molecule has 0 aromatic heterocycles. The predicted molar refractivity (Wildman–Crippen MR) is 134 cm³/mol. The lowest BCUT2D eigenvalue weighted by atomic mass is 9.82. The zero-order valence-electron chi connectivity index (χ0n) is 17.9. The summed E-state index contributed by atoms with van der Waals surface area (Å²) in [5.41, 5.74) is 4.35. The summed E-state index contributed by atoms with van der Waals surface area (Å²) in [4.78, 5) is -0.829. The van der Waals surface area contributed by atoms with Crippen LogP contribution in [0.15, 0.2) is 91.0 Å². The summed E-state index contributed by atoms with van der Waals surface area (Å²) in [5.74, 6) is 0.480. The van der Waals surface area contributed by atoms with E-state index < -0.39 is 4.87 Å². The fourth-order valence-electron chi connectivity index (χ4n) is 4.64. The molecule has 160 valence electrons. The molecule has 3 aromatic carbocycles. The maximum absolute atomic E-state index is 7.45. The largest absolute Gasteiger partial charge is 0.121 e. The molecule has 0 aliphatic heterocycles. The molecule has 31 heavy (non-hydrogen) atoms. The van der Waals surface area contributed by atoms with Gasteiger partial charge in [-0.05, 0) is 42.0 Å². The predicted octanol–water partition coefficient (Wildman–Crippen LogP) is 9.25. The van der Waals surface area contributed by atoms with E-state index in [0.29, 0.717) is 10.9 Å². The third kappa shape index (κ3) is 5.08. The van der Waals surface area contributed by atoms with Crippen LogP contribution in [0.1, 0.15) is 73.1 Å². The van der Waals surface area contributed by atoms with Gasteiger partial charge >= 0.3 is 0 Å². The van der Waals surface area contributed by atoms with Crippen molar-refractivity contribution >= 4 is 23.2 Å². The first-order chi connectivity index (χ1) is 15.2. The Morgan fingerprint density at radius 3 is 2.10 bits per heavy atom. The molecular weight excluding hydrogens is 419 g/mol. The monoisotopic (exact) mass is 448 g/mol. The highest BCUT2D eigenvalue weighted by atomic mass is 35.5. The summed E-state index contributed by atoms with van der Waals surface area (Å²) in [6, 6.07) is 27.0. The Morgan fingerprint density at radius 2 is 1.32 bits per heavy atom. The molecule has 0 heterocycles. The molecule has 0 radical (unpaired) electrons. The van der Waals surface area contributed by atoms with Crippen molar-refractivity contribution in [1.82, 2.24) is 0 Å². The summed E-state index contributed by atoms with van der Waals surface area (Å²) in [5, 5.41) is 0.681. The van der Waals surface area contributed by atoms with E-state index in [-0.39, 0.29) is 0 Å². The number of halogens is 2. The number of hydrogen-bond acceptors (Lipinski definition) is 0. The SMILES string of the molecule is Clc1ccccc1C(Cl)(c1ccccc1)c1ccc(C2/C=C\CCCCCCC2)cc1. The first-order valence-corrected chi connectivity index (χ1v) is 12.2. The van der Waals surface area contributed by atoms with Gasteiger partial charge in [0.25, 0.3) is 0 Å². The Morgan fingerprint density at radius 1 is 0.677 bits per heavy atom. The van der Waals surface area contributed by atoms with E-state index in [4.69, 9.17) is 23.2 Å². The number of hydrogen-bond donors (Lipinski definition) is 0. The fraction of sp³-hybridized carbons (Fsp3) is 0.310. The van der Waals surface area contributed by atoms with Crippen LogP contribution in [0.2, 0.25) is 5.02 Å². The van der Waals surface area contributed by atoms with Gasteiger partial charge in [-0.3, -0.25) is 0 Å². The van der Waals surface area contributed by atoms with E-state index >= 15 is 0 Å². The molecule has 2 atom stereocenters. The molecular formula is C29H30Cl2. The first kappa shape index (κ1) is 22.2. The normalized spacial score (nSPS) is 20.5. The van der Waals surface area contributed by atoms with Gasteiger partial charge in [-0.25, -0.2) is 0 Å². The minimum Gasteiger partial charge on any atom is -0.103 e. The van der Waals surface area contributed by atoms with Crippen LogP contribution in [-0.2, 0) is 4.87 Å². The van der Waals surface area contributed by atoms with Gasteiger partial charge in [-0.15, -0.1) is 11.6 Å². The molecule has 0 fully saturated rings. The maximum Gasteiger partial charge on any atom is 0.121 e. The molecule has 3 aromatic rings. The second-order valence-corrected chi connectivity index (χ2v) is 9.48. The van der Waals surface area contributed by atoms with E-state index in [1.165, 1.54) is 50.5 Å². The Labute approximate surface area is 196 Å². The lowest BCUT2D eigenvalue weighted by molar-refractivity contribution is 0.569. The minimum atomic E-state index is -0.829. The fourth-order valence-corrected chi connectivity index (χ4v) is 5.38. The van der Waals surface area contributed by atoms with Crippen LogP contribution in [-0.4, -0.2) is 0 Å². The van der Waals surface area contributed by atoms with Crippen molar-refractivity contribution in [3.63, 3.8) is 0 Å². The number of rotatable bonds is 4. The van der Waals surface area contributed by atoms with E-state index in [9.17, 15) is 0 Å². The molecule has 0 spiro atoms. The van der Waals surface area contributed by atoms with E-state index in [0.717, 1.165) is 16.7 Å². The van der Waals surface area contributed by atoms with E-state index in [1.54, 1.807) is 0 Å². The minimum absolute atomic E-state index is 0.480. The Bertz CT molecular complexity index is 991. The number of benzene rings is 3. The first-order valence-electron chi connectivity index (χ1n) is 11.5. The average molecular weight is 449 g/mol. The molecule has 0 amide bonds. The van der Waals surface area contributed by atoms with Gasteiger partial charge in [-0.1, -0.05) is 122 Å². The van der Waals surface area contributed by atoms with Crippen molar-refractivity contribution in [2.75, 3.05) is 0 Å². The summed E-state index contributed by atoms with van der Waals surface area (Å²) < 4.78 is 0. The van der Waals surface area contributed by atoms with Crippen molar-refractivity contribution < 1.29 is 0 Å². The molecule has 2 heteroatoms. The van der Waals surface area contributed by atoms with E-state index in [2.05, 4.69) is 48.6 Å². The Balaban J connectivity index is 1.71. The highest BCUT2D eigenvalue weighted by Crippen LogP contribution is 2.46. The molecule has 4 rings (SSSR count). The lowest BCUT2D eigenvalue weighted by Gasteiger charge is -2.30. The standard InChI is InChI=1S/C29H30Cl2/c30-28-18-12-11-17-27(28)29(31,25-15-9-6-10-16-25)26-21-19-24(20-22-26)23-13-7-4-2-1-3-5-8-14-23/h6-7,9-13,15-23H,1-5,8,14H2/b13-7-. The van der Waals surface area contributed by atoms with Gasteiger partial charge in [-0.2, -0.15) is 0 Å². The van der Waals surface area contributed by atoms with Crippen LogP contribution in [0.5, 0.6) is 0 Å². The van der Waals surface area contributed by atoms with Crippen LogP contribution in [0.4, 0.5) is 0 Å². The maximum atomic E-state index is 7.45. The summed E-state index contributed by atoms with van der Waals surface area (Å²) in [6.45, 7) is 0. The molecule has 1 aliphatic rings. The molecule has 1 aliphatic carbocycles. The number of alkyl halides is 1. The third-order valence-electron chi connectivity index (χ3n) is 6.41. The third-order valence-corrected chi connectivity index (χ3v) is 7.38. The van der Waals surface area contributed by atoms with Crippen molar-refractivity contribution in [3.8, 4) is 0 Å². The molecule has 2 unspecified atom stereocenters. The van der Waals surface area contributed by atoms with Crippen LogP contribution in [0, 0.1) is 0 Å². The van der Waals surface area contributed by atoms with Crippen LogP contribution in [0.3, 0.4) is 0 Å². The highest BCUT2D eigenvalue weighted by Gasteiger charge is 2.35. The second kappa shape index (κ2) is 10.5. The van der Waals surface area contributed by atoms with Crippen LogP contribution in [0.25, 0.3) is 0 Å². The zero-order chi connectivity index (χ0) is 21.5. The molecule has 0 nitrogen and oxygen atoms in total. The van der Waals surface area contributed by atoms with E-state index in [1.807, 2.05) is 42.5 Å². The van der Waals surface area contributed by atoms with Crippen LogP contribution < -0.4 is 0 Å². The van der Waals surface area contributed by atoms with Crippen molar-refractivity contribution in [2.45, 2.75) is 55.7 Å². The van der Waals surface area contributed by atoms with Gasteiger partial charge in [0.2, 0.25) is 0 Å². The highest BCUT2D eigenvalue weighted by molar-refractivity contribution is 6.34. The Kier molecular flexibility index (Phi) is 7.54.